The number of anilines is 1. The largest absolute Gasteiger partial charge is 0.375 e. The fourth-order valence-corrected chi connectivity index (χ4v) is 2.30. The van der Waals surface area contributed by atoms with E-state index in [4.69, 9.17) is 22.9 Å². The van der Waals surface area contributed by atoms with Gasteiger partial charge in [-0.3, -0.25) is 0 Å². The van der Waals surface area contributed by atoms with Crippen LogP contribution in [0, 0.1) is 6.92 Å². The highest BCUT2D eigenvalue weighted by Crippen LogP contribution is 2.30. The number of nitrogens with zero attached hydrogens (tertiary/aromatic N) is 3. The highest BCUT2D eigenvalue weighted by Gasteiger charge is 2.05. The Kier molecular flexibility index (Phi) is 3.02. The van der Waals surface area contributed by atoms with Crippen molar-refractivity contribution in [2.45, 2.75) is 6.92 Å². The van der Waals surface area contributed by atoms with Gasteiger partial charge in [-0.25, -0.2) is 9.98 Å². The van der Waals surface area contributed by atoms with E-state index in [0.717, 1.165) is 15.8 Å². The molecule has 0 aliphatic rings. The first-order valence-corrected chi connectivity index (χ1v) is 5.88. The molecule has 0 atom stereocenters. The van der Waals surface area contributed by atoms with Gasteiger partial charge in [-0.2, -0.15) is 4.99 Å². The first-order chi connectivity index (χ1) is 8.45. The van der Waals surface area contributed by atoms with Gasteiger partial charge in [0.05, 0.1) is 15.9 Å². The molecule has 0 aliphatic carbocycles. The van der Waals surface area contributed by atoms with Crippen molar-refractivity contribution in [1.29, 1.82) is 0 Å². The van der Waals surface area contributed by atoms with E-state index in [9.17, 15) is 0 Å². The predicted molar refractivity (Wildman–Crippen MR) is 75.9 cm³/mol. The molecule has 8 N–H and O–H groups in total. The first kappa shape index (κ1) is 12.1. The average Bonchev–Trinajstić information content (AvgIpc) is 2.56. The van der Waals surface area contributed by atoms with E-state index < -0.39 is 0 Å². The maximum absolute atomic E-state index is 5.65. The van der Waals surface area contributed by atoms with E-state index in [2.05, 4.69) is 15.0 Å². The molecule has 2 aromatic rings. The van der Waals surface area contributed by atoms with Crippen molar-refractivity contribution in [2.24, 2.45) is 27.2 Å². The molecule has 8 heteroatoms. The lowest BCUT2D eigenvalue weighted by atomic mass is 10.2. The zero-order valence-electron chi connectivity index (χ0n) is 9.71. The fourth-order valence-electron chi connectivity index (χ4n) is 1.48. The van der Waals surface area contributed by atoms with Gasteiger partial charge in [0, 0.05) is 0 Å². The second kappa shape index (κ2) is 4.49. The summed E-state index contributed by atoms with van der Waals surface area (Å²) < 4.78 is 1.00. The molecule has 0 radical (unpaired) electrons. The second-order valence-electron chi connectivity index (χ2n) is 3.67. The molecular weight excluding hydrogens is 250 g/mol. The highest BCUT2D eigenvalue weighted by atomic mass is 32.1. The number of fused-ring (bicyclic) bond motifs is 1. The summed E-state index contributed by atoms with van der Waals surface area (Å²) >= 11 is 1.42. The zero-order chi connectivity index (χ0) is 13.3. The van der Waals surface area contributed by atoms with Crippen LogP contribution in [0.2, 0.25) is 0 Å². The van der Waals surface area contributed by atoms with Crippen molar-refractivity contribution in [3.05, 3.63) is 17.7 Å². The summed E-state index contributed by atoms with van der Waals surface area (Å²) in [6.45, 7) is 1.91. The number of hydrogen-bond acceptors (Lipinski definition) is 4. The maximum atomic E-state index is 5.65. The maximum Gasteiger partial charge on any atom is 0.223 e. The quantitative estimate of drug-likeness (QED) is 0.435. The summed E-state index contributed by atoms with van der Waals surface area (Å²) in [5.74, 6) is -0.131. The summed E-state index contributed by atoms with van der Waals surface area (Å²) in [7, 11) is 0. The topological polar surface area (TPSA) is 142 Å². The van der Waals surface area contributed by atoms with Gasteiger partial charge >= 0.3 is 0 Å². The summed E-state index contributed by atoms with van der Waals surface area (Å²) in [6, 6.07) is 3.75. The number of hydrogen-bond donors (Lipinski definition) is 4. The number of thiazole rings is 1. The Morgan fingerprint density at radius 1 is 1.28 bits per heavy atom. The minimum absolute atomic E-state index is 0.000603. The Balaban J connectivity index is 2.51. The molecule has 0 amide bonds. The van der Waals surface area contributed by atoms with Gasteiger partial charge in [-0.05, 0) is 24.6 Å². The molecule has 2 rings (SSSR count). The molecule has 0 saturated heterocycles. The number of aliphatic imine (C=N–C) groups is 2. The monoisotopic (exact) mass is 263 g/mol. The lowest BCUT2D eigenvalue weighted by Crippen LogP contribution is -2.26. The smallest absolute Gasteiger partial charge is 0.223 e. The third-order valence-electron chi connectivity index (χ3n) is 2.20. The molecule has 0 saturated carbocycles. The van der Waals surface area contributed by atoms with E-state index in [1.54, 1.807) is 6.07 Å². The molecule has 0 bridgehead atoms. The number of aromatic nitrogens is 1. The van der Waals surface area contributed by atoms with Crippen LogP contribution in [0.15, 0.2) is 22.1 Å². The summed E-state index contributed by atoms with van der Waals surface area (Å²) in [5, 5.41) is 0.516. The Bertz CT molecular complexity index is 652. The molecule has 1 aromatic heterocycles. The predicted octanol–water partition coefficient (Wildman–Crippen LogP) is 0.407. The normalized spacial score (nSPS) is 11.7. The Morgan fingerprint density at radius 2 is 2.00 bits per heavy atom. The van der Waals surface area contributed by atoms with Crippen molar-refractivity contribution < 1.29 is 0 Å². The lowest BCUT2D eigenvalue weighted by Gasteiger charge is -2.00. The van der Waals surface area contributed by atoms with Crippen LogP contribution in [0.5, 0.6) is 0 Å². The molecule has 0 aliphatic heterocycles. The third-order valence-corrected chi connectivity index (χ3v) is 3.05. The molecule has 0 spiro atoms. The summed E-state index contributed by atoms with van der Waals surface area (Å²) in [6.07, 6.45) is 0. The zero-order valence-corrected chi connectivity index (χ0v) is 10.5. The number of aryl methyl sites for hydroxylation is 1. The van der Waals surface area contributed by atoms with Crippen LogP contribution in [0.3, 0.4) is 0 Å². The van der Waals surface area contributed by atoms with Crippen LogP contribution < -0.4 is 22.9 Å². The van der Waals surface area contributed by atoms with Crippen LogP contribution in [-0.2, 0) is 0 Å². The van der Waals surface area contributed by atoms with Gasteiger partial charge < -0.3 is 22.9 Å². The van der Waals surface area contributed by atoms with Gasteiger partial charge in [0.2, 0.25) is 5.96 Å². The molecule has 1 heterocycles. The van der Waals surface area contributed by atoms with Crippen LogP contribution in [0.4, 0.5) is 10.8 Å². The van der Waals surface area contributed by atoms with Crippen LogP contribution in [0.1, 0.15) is 5.56 Å². The van der Waals surface area contributed by atoms with Gasteiger partial charge in [-0.15, -0.1) is 0 Å². The van der Waals surface area contributed by atoms with Gasteiger partial charge in [0.25, 0.3) is 0 Å². The SMILES string of the molecule is Cc1cc2sc(N)nc2cc1N=C(N)N=C(N)N. The van der Waals surface area contributed by atoms with E-state index in [1.165, 1.54) is 11.3 Å². The third kappa shape index (κ3) is 2.48. The number of nitrogens with two attached hydrogens (primary N) is 4. The summed E-state index contributed by atoms with van der Waals surface area (Å²) in [5.41, 5.74) is 24.1. The number of nitrogen functional groups attached to an aromatic ring is 1. The van der Waals surface area contributed by atoms with Gasteiger partial charge in [0.1, 0.15) is 0 Å². The minimum Gasteiger partial charge on any atom is -0.375 e. The fraction of sp³-hybridized carbons (Fsp3) is 0.100. The Labute approximate surface area is 107 Å². The standard InChI is InChI=1S/C10H13N7S/c1-4-2-7-6(16-10(14)18-7)3-5(4)15-9(13)17-8(11)12/h2-3H,1H3,(H2,14,16)(H6,11,12,13,15,17). The molecule has 7 nitrogen and oxygen atoms in total. The van der Waals surface area contributed by atoms with Crippen LogP contribution >= 0.6 is 11.3 Å². The lowest BCUT2D eigenvalue weighted by molar-refractivity contribution is 1.35. The van der Waals surface area contributed by atoms with E-state index in [0.29, 0.717) is 10.8 Å². The summed E-state index contributed by atoms with van der Waals surface area (Å²) in [4.78, 5) is 12.0. The molecule has 18 heavy (non-hydrogen) atoms. The van der Waals surface area contributed by atoms with E-state index >= 15 is 0 Å². The molecule has 1 aromatic carbocycles. The molecule has 0 unspecified atom stereocenters. The Hall–Kier alpha value is -2.35. The Morgan fingerprint density at radius 3 is 2.67 bits per heavy atom. The minimum atomic E-state index is -0.132. The molecule has 94 valence electrons. The first-order valence-electron chi connectivity index (χ1n) is 5.06. The second-order valence-corrected chi connectivity index (χ2v) is 4.73. The van der Waals surface area contributed by atoms with E-state index in [1.807, 2.05) is 13.0 Å². The number of benzene rings is 1. The van der Waals surface area contributed by atoms with E-state index in [-0.39, 0.29) is 11.9 Å². The number of rotatable bonds is 1. The average molecular weight is 263 g/mol. The van der Waals surface area contributed by atoms with Crippen molar-refractivity contribution in [3.63, 3.8) is 0 Å². The number of guanidine groups is 2. The van der Waals surface area contributed by atoms with Crippen LogP contribution in [0.25, 0.3) is 10.2 Å². The molecular formula is C10H13N7S. The van der Waals surface area contributed by atoms with Gasteiger partial charge in [0.15, 0.2) is 11.1 Å². The molecule has 0 fully saturated rings. The van der Waals surface area contributed by atoms with Crippen LogP contribution in [-0.4, -0.2) is 16.9 Å². The van der Waals surface area contributed by atoms with Crippen molar-refractivity contribution in [2.75, 3.05) is 5.73 Å². The van der Waals surface area contributed by atoms with Gasteiger partial charge in [-0.1, -0.05) is 11.3 Å². The van der Waals surface area contributed by atoms with Crippen molar-refractivity contribution >= 4 is 44.3 Å². The highest BCUT2D eigenvalue weighted by molar-refractivity contribution is 7.22. The van der Waals surface area contributed by atoms with Crippen molar-refractivity contribution in [3.8, 4) is 0 Å². The van der Waals surface area contributed by atoms with Crippen molar-refractivity contribution in [1.82, 2.24) is 4.98 Å².